The van der Waals surface area contributed by atoms with Crippen molar-refractivity contribution >= 4 is 46.9 Å². The lowest BCUT2D eigenvalue weighted by molar-refractivity contribution is -0.384. The highest BCUT2D eigenvalue weighted by atomic mass is 16.6. The van der Waals surface area contributed by atoms with E-state index in [0.29, 0.717) is 62.3 Å². The summed E-state index contributed by atoms with van der Waals surface area (Å²) in [4.78, 5) is 73.5. The molecule has 0 fully saturated rings. The highest BCUT2D eigenvalue weighted by Gasteiger charge is 2.23. The lowest BCUT2D eigenvalue weighted by atomic mass is 10.0. The van der Waals surface area contributed by atoms with Crippen LogP contribution in [0, 0.1) is 10.1 Å². The van der Waals surface area contributed by atoms with Crippen molar-refractivity contribution in [3.8, 4) is 28.7 Å². The summed E-state index contributed by atoms with van der Waals surface area (Å²) in [6.45, 7) is 9.13. The molecule has 5 aromatic carbocycles. The molecule has 0 N–H and O–H groups in total. The maximum atomic E-state index is 13.7. The predicted molar refractivity (Wildman–Crippen MR) is 301 cm³/mol. The number of azo groups is 1. The summed E-state index contributed by atoms with van der Waals surface area (Å²) >= 11 is 0. The number of nitro benzene ring substituents is 1. The van der Waals surface area contributed by atoms with Gasteiger partial charge in [-0.15, -0.1) is 0 Å². The zero-order chi connectivity index (χ0) is 57.0. The summed E-state index contributed by atoms with van der Waals surface area (Å²) in [7, 11) is 0. The lowest BCUT2D eigenvalue weighted by Gasteiger charge is -2.12. The lowest BCUT2D eigenvalue weighted by Crippen LogP contribution is -2.18. The molecule has 0 atom stereocenters. The van der Waals surface area contributed by atoms with E-state index in [1.54, 1.807) is 72.8 Å². The van der Waals surface area contributed by atoms with Crippen LogP contribution in [-0.2, 0) is 23.8 Å². The second kappa shape index (κ2) is 36.4. The Kier molecular flexibility index (Phi) is 28.3. The molecule has 0 saturated heterocycles. The van der Waals surface area contributed by atoms with Crippen LogP contribution in [0.4, 0.5) is 17.1 Å². The van der Waals surface area contributed by atoms with Crippen LogP contribution < -0.4 is 23.7 Å². The Balaban J connectivity index is 1.03. The Morgan fingerprint density at radius 1 is 0.400 bits per heavy atom. The molecule has 0 heterocycles. The Morgan fingerprint density at radius 2 is 0.750 bits per heavy atom. The third-order valence-corrected chi connectivity index (χ3v) is 12.2. The van der Waals surface area contributed by atoms with Gasteiger partial charge in [-0.1, -0.05) is 58.1 Å². The summed E-state index contributed by atoms with van der Waals surface area (Å²) < 4.78 is 44.5. The smallest absolute Gasteiger partial charge is 0.344 e. The number of hydrogen-bond acceptors (Lipinski definition) is 17. The van der Waals surface area contributed by atoms with Gasteiger partial charge in [0, 0.05) is 24.3 Å². The Bertz CT molecular complexity index is 2760. The highest BCUT2D eigenvalue weighted by molar-refractivity contribution is 6.06. The molecule has 0 aliphatic heterocycles. The topological polar surface area (TPSA) is 227 Å². The molecule has 0 radical (unpaired) electrons. The zero-order valence-corrected chi connectivity index (χ0v) is 45.3. The van der Waals surface area contributed by atoms with Gasteiger partial charge in [-0.05, 0) is 167 Å². The first-order chi connectivity index (χ1) is 39.0. The largest absolute Gasteiger partial charge is 0.494 e. The molecule has 0 spiro atoms. The Labute approximate surface area is 467 Å². The van der Waals surface area contributed by atoms with Crippen molar-refractivity contribution in [1.29, 1.82) is 0 Å². The van der Waals surface area contributed by atoms with Crippen LogP contribution >= 0.6 is 0 Å². The van der Waals surface area contributed by atoms with Crippen molar-refractivity contribution in [2.24, 2.45) is 10.2 Å². The number of non-ortho nitro benzene ring substituents is 1. The molecule has 0 saturated carbocycles. The average Bonchev–Trinajstić information content (AvgIpc) is 3.48. The SMILES string of the molecule is C=CC(=O)OCCCCCCOc1ccc(OC(=O)c2ccc(C(=O)Oc3ccc(OCCCCCCOC(=O)C=C)cc3)c(C(=O)OCCCCCCCCCCCOc3ccc(N=Nc4ccc([N+](=O)[O-])cc4)cc3)c2)cc1. The molecule has 0 unspecified atom stereocenters. The first kappa shape index (κ1) is 62.2. The second-order valence-corrected chi connectivity index (χ2v) is 18.4. The van der Waals surface area contributed by atoms with E-state index < -0.39 is 34.8 Å². The van der Waals surface area contributed by atoms with Crippen molar-refractivity contribution in [1.82, 2.24) is 0 Å². The third-order valence-electron chi connectivity index (χ3n) is 12.2. The minimum absolute atomic E-state index is 0.00522. The second-order valence-electron chi connectivity index (χ2n) is 18.4. The molecule has 5 rings (SSSR count). The van der Waals surface area contributed by atoms with Crippen molar-refractivity contribution in [2.75, 3.05) is 39.6 Å². The first-order valence-corrected chi connectivity index (χ1v) is 27.2. The molecule has 0 aliphatic carbocycles. The molecule has 0 amide bonds. The first-order valence-electron chi connectivity index (χ1n) is 27.2. The van der Waals surface area contributed by atoms with E-state index in [9.17, 15) is 34.1 Å². The van der Waals surface area contributed by atoms with E-state index in [4.69, 9.17) is 37.9 Å². The molecule has 0 aliphatic rings. The fraction of sp³-hybridized carbons (Fsp3) is 0.371. The standard InChI is InChI=1S/C62H71N3O15/c1-3-58(66)76-43-19-14-12-17-41-74-52-31-35-54(36-32-52)79-60(68)47-22-39-56(62(70)80-55-37-33-53(34-38-55)75-42-18-13-15-20-44-77-59(67)4-2)57(46-47)61(69)78-45-21-11-9-7-5-6-8-10-16-40-73-51-29-25-49(26-30-51)64-63-48-23-27-50(28-24-48)65(71)72/h3-4,22-39,46H,1-2,5-21,40-45H2. The summed E-state index contributed by atoms with van der Waals surface area (Å²) in [5, 5.41) is 19.1. The van der Waals surface area contributed by atoms with Gasteiger partial charge in [0.2, 0.25) is 0 Å². The third kappa shape index (κ3) is 24.3. The van der Waals surface area contributed by atoms with Crippen molar-refractivity contribution < 1.29 is 66.8 Å². The summed E-state index contributed by atoms with van der Waals surface area (Å²) in [6, 6.07) is 30.2. The molecular weight excluding hydrogens is 1030 g/mol. The maximum absolute atomic E-state index is 13.7. The molecule has 5 aromatic rings. The van der Waals surface area contributed by atoms with Gasteiger partial charge in [-0.3, -0.25) is 10.1 Å². The van der Waals surface area contributed by atoms with Crippen molar-refractivity contribution in [3.05, 3.63) is 167 Å². The Hall–Kier alpha value is -8.67. The van der Waals surface area contributed by atoms with E-state index in [1.807, 2.05) is 12.1 Å². The summed E-state index contributed by atoms with van der Waals surface area (Å²) in [5.74, 6) is -0.843. The number of unbranched alkanes of at least 4 members (excludes halogenated alkanes) is 14. The fourth-order valence-corrected chi connectivity index (χ4v) is 7.75. The minimum Gasteiger partial charge on any atom is -0.494 e. The van der Waals surface area contributed by atoms with E-state index in [1.165, 1.54) is 30.3 Å². The van der Waals surface area contributed by atoms with Gasteiger partial charge in [0.25, 0.3) is 5.69 Å². The quantitative estimate of drug-likeness (QED) is 0.00521. The molecule has 80 heavy (non-hydrogen) atoms. The molecule has 424 valence electrons. The van der Waals surface area contributed by atoms with E-state index >= 15 is 0 Å². The van der Waals surface area contributed by atoms with Crippen LogP contribution in [-0.4, -0.2) is 74.4 Å². The summed E-state index contributed by atoms with van der Waals surface area (Å²) in [5.41, 5.74) is 0.934. The average molecular weight is 1100 g/mol. The number of nitrogens with zero attached hydrogens (tertiary/aromatic N) is 3. The van der Waals surface area contributed by atoms with Crippen LogP contribution in [0.3, 0.4) is 0 Å². The number of benzene rings is 5. The minimum atomic E-state index is -0.823. The number of rotatable bonds is 39. The van der Waals surface area contributed by atoms with Gasteiger partial charge < -0.3 is 37.9 Å². The number of carbonyl (C=O) groups is 5. The van der Waals surface area contributed by atoms with Gasteiger partial charge in [0.05, 0.1) is 72.6 Å². The van der Waals surface area contributed by atoms with E-state index in [2.05, 4.69) is 23.4 Å². The van der Waals surface area contributed by atoms with Gasteiger partial charge in [-0.25, -0.2) is 24.0 Å². The maximum Gasteiger partial charge on any atom is 0.344 e. The highest BCUT2D eigenvalue weighted by Crippen LogP contribution is 2.26. The Morgan fingerprint density at radius 3 is 1.16 bits per heavy atom. The van der Waals surface area contributed by atoms with E-state index in [0.717, 1.165) is 121 Å². The van der Waals surface area contributed by atoms with Crippen LogP contribution in [0.2, 0.25) is 0 Å². The molecule has 0 aromatic heterocycles. The fourth-order valence-electron chi connectivity index (χ4n) is 7.75. The molecule has 0 bridgehead atoms. The predicted octanol–water partition coefficient (Wildman–Crippen LogP) is 14.5. The van der Waals surface area contributed by atoms with Crippen LogP contribution in [0.1, 0.15) is 140 Å². The van der Waals surface area contributed by atoms with Crippen LogP contribution in [0.15, 0.2) is 151 Å². The normalized spacial score (nSPS) is 10.8. The number of nitro groups is 1. The van der Waals surface area contributed by atoms with Crippen LogP contribution in [0.5, 0.6) is 28.7 Å². The van der Waals surface area contributed by atoms with Gasteiger partial charge >= 0.3 is 29.8 Å². The number of carbonyl (C=O) groups excluding carboxylic acids is 5. The number of hydrogen-bond donors (Lipinski definition) is 0. The van der Waals surface area contributed by atoms with Crippen LogP contribution in [0.25, 0.3) is 0 Å². The van der Waals surface area contributed by atoms with E-state index in [-0.39, 0.29) is 40.5 Å². The van der Waals surface area contributed by atoms with Crippen molar-refractivity contribution in [2.45, 2.75) is 109 Å². The summed E-state index contributed by atoms with van der Waals surface area (Å²) in [6.07, 6.45) is 17.6. The molecule has 18 heteroatoms. The molecular formula is C62H71N3O15. The van der Waals surface area contributed by atoms with Gasteiger partial charge in [0.1, 0.15) is 28.7 Å². The monoisotopic (exact) mass is 1100 g/mol. The van der Waals surface area contributed by atoms with Gasteiger partial charge in [0.15, 0.2) is 0 Å². The van der Waals surface area contributed by atoms with Crippen molar-refractivity contribution in [3.63, 3.8) is 0 Å². The van der Waals surface area contributed by atoms with Gasteiger partial charge in [-0.2, -0.15) is 10.2 Å². The zero-order valence-electron chi connectivity index (χ0n) is 45.3. The number of ether oxygens (including phenoxy) is 8. The molecule has 18 nitrogen and oxygen atoms in total. The number of esters is 5.